The molecule has 2 amide bonds. The van der Waals surface area contributed by atoms with Gasteiger partial charge in [0.15, 0.2) is 0 Å². The number of rotatable bonds is 0. The predicted octanol–water partition coefficient (Wildman–Crippen LogP) is -1.28. The predicted molar refractivity (Wildman–Crippen MR) is 75.8 cm³/mol. The SMILES string of the molecule is C=C1CC2CN(C(=O)N(C)C)CC2C1.CC(C)(C)[O-].[K+]. The van der Waals surface area contributed by atoms with Crippen LogP contribution in [0.3, 0.4) is 0 Å². The Hall–Kier alpha value is 0.606. The first-order chi connectivity index (χ1) is 8.58. The first kappa shape index (κ1) is 20.6. The van der Waals surface area contributed by atoms with Gasteiger partial charge in [0.25, 0.3) is 0 Å². The zero-order valence-corrected chi connectivity index (χ0v) is 17.0. The van der Waals surface area contributed by atoms with Crippen molar-refractivity contribution in [3.63, 3.8) is 0 Å². The monoisotopic (exact) mass is 306 g/mol. The maximum atomic E-state index is 11.7. The normalized spacial score (nSPS) is 24.5. The maximum absolute atomic E-state index is 11.7. The van der Waals surface area contributed by atoms with Gasteiger partial charge in [-0.25, -0.2) is 4.79 Å². The summed E-state index contributed by atoms with van der Waals surface area (Å²) in [6, 6.07) is 0.157. The minimum absolute atomic E-state index is 0. The number of hydrogen-bond acceptors (Lipinski definition) is 2. The van der Waals surface area contributed by atoms with Crippen LogP contribution in [0, 0.1) is 11.8 Å². The van der Waals surface area contributed by atoms with Crippen LogP contribution in [0.4, 0.5) is 4.79 Å². The van der Waals surface area contributed by atoms with E-state index in [1.807, 2.05) is 19.0 Å². The molecule has 0 radical (unpaired) electrons. The van der Waals surface area contributed by atoms with E-state index in [1.54, 1.807) is 25.7 Å². The summed E-state index contributed by atoms with van der Waals surface area (Å²) in [4.78, 5) is 15.3. The molecule has 2 aliphatic rings. The standard InChI is InChI=1S/C11H18N2O.C4H9O.K/c1-8-4-9-6-13(7-10(9)5-8)11(14)12(2)3;1-4(2,3)5;/h9-10H,1,4-7H2,2-3H3;1-3H3;/q;-1;+1. The second kappa shape index (κ2) is 8.29. The summed E-state index contributed by atoms with van der Waals surface area (Å²) in [5.41, 5.74) is 0.622. The van der Waals surface area contributed by atoms with Gasteiger partial charge < -0.3 is 14.9 Å². The number of carbonyl (C=O) groups excluding carboxylic acids is 1. The van der Waals surface area contributed by atoms with Gasteiger partial charge in [-0.2, -0.15) is 0 Å². The van der Waals surface area contributed by atoms with Gasteiger partial charge in [-0.3, -0.25) is 0 Å². The van der Waals surface area contributed by atoms with Crippen molar-refractivity contribution in [2.24, 2.45) is 11.8 Å². The summed E-state index contributed by atoms with van der Waals surface area (Å²) < 4.78 is 0. The van der Waals surface area contributed by atoms with Gasteiger partial charge >= 0.3 is 57.4 Å². The fraction of sp³-hybridized carbons (Fsp3) is 0.800. The van der Waals surface area contributed by atoms with E-state index in [0.717, 1.165) is 25.9 Å². The van der Waals surface area contributed by atoms with Crippen LogP contribution in [0.2, 0.25) is 0 Å². The third kappa shape index (κ3) is 7.05. The molecular formula is C15H27KN2O2. The van der Waals surface area contributed by atoms with Crippen molar-refractivity contribution in [3.8, 4) is 0 Å². The van der Waals surface area contributed by atoms with Crippen molar-refractivity contribution in [2.75, 3.05) is 27.2 Å². The van der Waals surface area contributed by atoms with Crippen LogP contribution in [-0.4, -0.2) is 48.6 Å². The molecule has 1 aliphatic heterocycles. The molecule has 4 nitrogen and oxygen atoms in total. The minimum atomic E-state index is -0.750. The van der Waals surface area contributed by atoms with Crippen LogP contribution in [0.15, 0.2) is 12.2 Å². The maximum Gasteiger partial charge on any atom is 1.00 e. The van der Waals surface area contributed by atoms with Crippen LogP contribution in [0.1, 0.15) is 33.6 Å². The molecule has 0 aromatic heterocycles. The Balaban J connectivity index is 0.000000526. The Bertz CT molecular complexity index is 328. The van der Waals surface area contributed by atoms with E-state index in [4.69, 9.17) is 0 Å². The van der Waals surface area contributed by atoms with E-state index < -0.39 is 5.60 Å². The Morgan fingerprint density at radius 1 is 1.25 bits per heavy atom. The summed E-state index contributed by atoms with van der Waals surface area (Å²) in [5.74, 6) is 1.37. The molecule has 2 unspecified atom stereocenters. The van der Waals surface area contributed by atoms with E-state index in [1.165, 1.54) is 5.57 Å². The summed E-state index contributed by atoms with van der Waals surface area (Å²) in [6.45, 7) is 10.8. The molecule has 2 fully saturated rings. The van der Waals surface area contributed by atoms with Gasteiger partial charge in [0.2, 0.25) is 0 Å². The Morgan fingerprint density at radius 2 is 1.60 bits per heavy atom. The quantitative estimate of drug-likeness (QED) is 0.413. The number of hydrogen-bond donors (Lipinski definition) is 0. The molecule has 0 N–H and O–H groups in total. The average Bonchev–Trinajstić information content (AvgIpc) is 2.70. The largest absolute Gasteiger partial charge is 1.00 e. The third-order valence-corrected chi connectivity index (χ3v) is 3.33. The molecule has 1 saturated carbocycles. The number of amides is 2. The molecule has 2 atom stereocenters. The van der Waals surface area contributed by atoms with Gasteiger partial charge in [0.1, 0.15) is 0 Å². The summed E-state index contributed by atoms with van der Waals surface area (Å²) in [7, 11) is 3.63. The topological polar surface area (TPSA) is 46.6 Å². The van der Waals surface area contributed by atoms with Crippen LogP contribution in [0.25, 0.3) is 0 Å². The van der Waals surface area contributed by atoms with E-state index in [-0.39, 0.29) is 57.4 Å². The zero-order valence-electron chi connectivity index (χ0n) is 13.9. The number of fused-ring (bicyclic) bond motifs is 1. The number of urea groups is 1. The van der Waals surface area contributed by atoms with Gasteiger partial charge in [-0.1, -0.05) is 32.9 Å². The Labute approximate surface area is 166 Å². The molecule has 20 heavy (non-hydrogen) atoms. The molecule has 5 heteroatoms. The van der Waals surface area contributed by atoms with Crippen molar-refractivity contribution in [1.82, 2.24) is 9.80 Å². The number of likely N-dealkylation sites (tertiary alicyclic amines) is 1. The second-order valence-electron chi connectivity index (χ2n) is 6.87. The van der Waals surface area contributed by atoms with Crippen molar-refractivity contribution >= 4 is 6.03 Å². The average molecular weight is 306 g/mol. The van der Waals surface area contributed by atoms with Crippen molar-refractivity contribution in [3.05, 3.63) is 12.2 Å². The molecule has 110 valence electrons. The first-order valence-electron chi connectivity index (χ1n) is 6.91. The van der Waals surface area contributed by atoms with E-state index in [0.29, 0.717) is 11.8 Å². The number of carbonyl (C=O) groups is 1. The van der Waals surface area contributed by atoms with Crippen LogP contribution >= 0.6 is 0 Å². The summed E-state index contributed by atoms with van der Waals surface area (Å²) in [5, 5.41) is 10.1. The first-order valence-corrected chi connectivity index (χ1v) is 6.91. The smallest absolute Gasteiger partial charge is 0.850 e. The summed E-state index contributed by atoms with van der Waals surface area (Å²) >= 11 is 0. The van der Waals surface area contributed by atoms with Gasteiger partial charge in [-0.15, -0.1) is 5.60 Å². The Kier molecular flexibility index (Phi) is 8.55. The number of allylic oxidation sites excluding steroid dienone is 1. The van der Waals surface area contributed by atoms with Crippen molar-refractivity contribution in [2.45, 2.75) is 39.2 Å². The fourth-order valence-corrected chi connectivity index (χ4v) is 2.67. The van der Waals surface area contributed by atoms with Gasteiger partial charge in [0, 0.05) is 27.2 Å². The molecular weight excluding hydrogens is 279 g/mol. The molecule has 0 spiro atoms. The molecule has 1 aliphatic carbocycles. The number of nitrogens with zero attached hydrogens (tertiary/aromatic N) is 2. The van der Waals surface area contributed by atoms with E-state index in [9.17, 15) is 9.90 Å². The van der Waals surface area contributed by atoms with Crippen LogP contribution < -0.4 is 56.5 Å². The third-order valence-electron chi connectivity index (χ3n) is 3.33. The molecule has 0 aromatic carbocycles. The zero-order chi connectivity index (χ0) is 14.8. The van der Waals surface area contributed by atoms with Crippen molar-refractivity contribution in [1.29, 1.82) is 0 Å². The molecule has 1 heterocycles. The van der Waals surface area contributed by atoms with E-state index in [2.05, 4.69) is 6.58 Å². The molecule has 0 aromatic rings. The van der Waals surface area contributed by atoms with E-state index >= 15 is 0 Å². The molecule has 1 saturated heterocycles. The van der Waals surface area contributed by atoms with Gasteiger partial charge in [-0.05, 0) is 24.7 Å². The molecule has 2 rings (SSSR count). The van der Waals surface area contributed by atoms with Crippen LogP contribution in [-0.2, 0) is 0 Å². The second-order valence-corrected chi connectivity index (χ2v) is 6.87. The minimum Gasteiger partial charge on any atom is -0.850 e. The van der Waals surface area contributed by atoms with Gasteiger partial charge in [0.05, 0.1) is 0 Å². The molecule has 0 bridgehead atoms. The van der Waals surface area contributed by atoms with Crippen LogP contribution in [0.5, 0.6) is 0 Å². The van der Waals surface area contributed by atoms with Crippen molar-refractivity contribution < 1.29 is 61.3 Å². The summed E-state index contributed by atoms with van der Waals surface area (Å²) in [6.07, 6.45) is 2.25. The fourth-order valence-electron chi connectivity index (χ4n) is 2.67. The Morgan fingerprint density at radius 3 is 1.90 bits per heavy atom.